The van der Waals surface area contributed by atoms with Gasteiger partial charge in [0.15, 0.2) is 0 Å². The predicted octanol–water partition coefficient (Wildman–Crippen LogP) is 4.48. The minimum Gasteiger partial charge on any atom is -0.388 e. The highest BCUT2D eigenvalue weighted by Crippen LogP contribution is 2.22. The van der Waals surface area contributed by atoms with Crippen LogP contribution in [-0.4, -0.2) is 5.11 Å². The van der Waals surface area contributed by atoms with Crippen molar-refractivity contribution in [2.24, 2.45) is 0 Å². The fourth-order valence-corrected chi connectivity index (χ4v) is 2.17. The second-order valence-corrected chi connectivity index (χ2v) is 4.94. The van der Waals surface area contributed by atoms with Crippen LogP contribution in [0.3, 0.4) is 0 Å². The smallest absolute Gasteiger partial charge is 0.0802 e. The Morgan fingerprint density at radius 2 is 1.71 bits per heavy atom. The molecule has 0 saturated heterocycles. The molecule has 1 nitrogen and oxygen atoms in total. The fraction of sp³-hybridized carbons (Fsp3) is 0.200. The zero-order chi connectivity index (χ0) is 14.9. The Morgan fingerprint density at radius 1 is 1.00 bits per heavy atom. The lowest BCUT2D eigenvalue weighted by Crippen LogP contribution is -2.00. The summed E-state index contributed by atoms with van der Waals surface area (Å²) in [5.74, 6) is 6.32. The van der Waals surface area contributed by atoms with E-state index in [0.717, 1.165) is 36.0 Å². The van der Waals surface area contributed by atoms with E-state index in [1.54, 1.807) is 0 Å². The molecule has 2 aromatic rings. The number of rotatable bonds is 5. The van der Waals surface area contributed by atoms with Crippen LogP contribution in [-0.2, 0) is 0 Å². The topological polar surface area (TPSA) is 20.2 Å². The molecule has 0 bridgehead atoms. The average Bonchev–Trinajstić information content (AvgIpc) is 2.54. The maximum atomic E-state index is 10.3. The molecule has 0 fully saturated rings. The molecular formula is C20H20O. The summed E-state index contributed by atoms with van der Waals surface area (Å²) in [6, 6.07) is 17.7. The van der Waals surface area contributed by atoms with Crippen molar-refractivity contribution in [3.05, 3.63) is 83.9 Å². The lowest BCUT2D eigenvalue weighted by atomic mass is 9.98. The molecular weight excluding hydrogens is 256 g/mol. The Labute approximate surface area is 127 Å². The molecule has 1 atom stereocenters. The lowest BCUT2D eigenvalue weighted by molar-refractivity contribution is 0.164. The standard InChI is InChI=1S/C20H20O/c1-2-3-5-14-20(21)19-13-9-8-12-18(19)16-15-17-10-6-4-7-11-17/h2,4,6-13,20-21H,1,3,5,14H2. The first-order valence-corrected chi connectivity index (χ1v) is 7.26. The minimum atomic E-state index is -0.466. The molecule has 1 N–H and O–H groups in total. The van der Waals surface area contributed by atoms with Gasteiger partial charge in [-0.3, -0.25) is 0 Å². The molecule has 21 heavy (non-hydrogen) atoms. The maximum absolute atomic E-state index is 10.3. The van der Waals surface area contributed by atoms with Gasteiger partial charge in [0.1, 0.15) is 0 Å². The summed E-state index contributed by atoms with van der Waals surface area (Å²) in [6.45, 7) is 3.71. The molecule has 0 spiro atoms. The van der Waals surface area contributed by atoms with Gasteiger partial charge in [-0.15, -0.1) is 6.58 Å². The number of hydrogen-bond donors (Lipinski definition) is 1. The largest absolute Gasteiger partial charge is 0.388 e. The van der Waals surface area contributed by atoms with Crippen LogP contribution in [0, 0.1) is 11.8 Å². The Morgan fingerprint density at radius 3 is 2.48 bits per heavy atom. The van der Waals surface area contributed by atoms with Crippen molar-refractivity contribution in [2.45, 2.75) is 25.4 Å². The highest BCUT2D eigenvalue weighted by atomic mass is 16.3. The van der Waals surface area contributed by atoms with Crippen LogP contribution in [0.1, 0.15) is 42.1 Å². The Hall–Kier alpha value is -2.30. The highest BCUT2D eigenvalue weighted by molar-refractivity contribution is 5.47. The molecule has 2 rings (SSSR count). The summed E-state index contributed by atoms with van der Waals surface area (Å²) < 4.78 is 0. The summed E-state index contributed by atoms with van der Waals surface area (Å²) in [4.78, 5) is 0. The summed E-state index contributed by atoms with van der Waals surface area (Å²) in [7, 11) is 0. The number of aliphatic hydroxyl groups is 1. The van der Waals surface area contributed by atoms with Crippen LogP contribution in [0.5, 0.6) is 0 Å². The van der Waals surface area contributed by atoms with E-state index in [0.29, 0.717) is 0 Å². The number of hydrogen-bond acceptors (Lipinski definition) is 1. The molecule has 0 saturated carbocycles. The van der Waals surface area contributed by atoms with Gasteiger partial charge in [0.2, 0.25) is 0 Å². The number of aliphatic hydroxyl groups excluding tert-OH is 1. The average molecular weight is 276 g/mol. The second-order valence-electron chi connectivity index (χ2n) is 4.94. The molecule has 1 unspecified atom stereocenters. The number of unbranched alkanes of at least 4 members (excludes halogenated alkanes) is 1. The summed E-state index contributed by atoms with van der Waals surface area (Å²) in [5.41, 5.74) is 2.78. The van der Waals surface area contributed by atoms with Crippen LogP contribution < -0.4 is 0 Å². The van der Waals surface area contributed by atoms with Gasteiger partial charge in [-0.25, -0.2) is 0 Å². The van der Waals surface area contributed by atoms with Gasteiger partial charge in [-0.05, 0) is 43.0 Å². The van der Waals surface area contributed by atoms with Crippen molar-refractivity contribution in [1.82, 2.24) is 0 Å². The third kappa shape index (κ3) is 4.63. The molecule has 106 valence electrons. The monoisotopic (exact) mass is 276 g/mol. The molecule has 0 aliphatic rings. The maximum Gasteiger partial charge on any atom is 0.0802 e. The van der Waals surface area contributed by atoms with Crippen LogP contribution >= 0.6 is 0 Å². The Bertz CT molecular complexity index is 632. The van der Waals surface area contributed by atoms with Crippen molar-refractivity contribution in [3.63, 3.8) is 0 Å². The van der Waals surface area contributed by atoms with E-state index in [-0.39, 0.29) is 0 Å². The molecule has 1 heteroatoms. The van der Waals surface area contributed by atoms with E-state index in [2.05, 4.69) is 18.4 Å². The fourth-order valence-electron chi connectivity index (χ4n) is 2.17. The third-order valence-electron chi connectivity index (χ3n) is 3.32. The van der Waals surface area contributed by atoms with Gasteiger partial charge in [0.25, 0.3) is 0 Å². The Kier molecular flexibility index (Phi) is 5.82. The highest BCUT2D eigenvalue weighted by Gasteiger charge is 2.10. The molecule has 0 aliphatic carbocycles. The van der Waals surface area contributed by atoms with E-state index in [1.165, 1.54) is 0 Å². The van der Waals surface area contributed by atoms with Crippen LogP contribution in [0.2, 0.25) is 0 Å². The van der Waals surface area contributed by atoms with E-state index < -0.39 is 6.10 Å². The van der Waals surface area contributed by atoms with Gasteiger partial charge in [0.05, 0.1) is 6.10 Å². The first-order chi connectivity index (χ1) is 10.3. The van der Waals surface area contributed by atoms with Crippen LogP contribution in [0.25, 0.3) is 0 Å². The Balaban J connectivity index is 2.17. The summed E-state index contributed by atoms with van der Waals surface area (Å²) in [5, 5.41) is 10.3. The van der Waals surface area contributed by atoms with Gasteiger partial charge in [-0.1, -0.05) is 54.3 Å². The molecule has 0 amide bonds. The van der Waals surface area contributed by atoms with Crippen LogP contribution in [0.4, 0.5) is 0 Å². The van der Waals surface area contributed by atoms with E-state index in [1.807, 2.05) is 60.7 Å². The van der Waals surface area contributed by atoms with Crippen molar-refractivity contribution in [3.8, 4) is 11.8 Å². The predicted molar refractivity (Wildman–Crippen MR) is 87.9 cm³/mol. The molecule has 0 aromatic heterocycles. The lowest BCUT2D eigenvalue weighted by Gasteiger charge is -2.12. The van der Waals surface area contributed by atoms with Crippen LogP contribution in [0.15, 0.2) is 67.3 Å². The quantitative estimate of drug-likeness (QED) is 0.485. The molecule has 0 heterocycles. The minimum absolute atomic E-state index is 0.466. The van der Waals surface area contributed by atoms with E-state index >= 15 is 0 Å². The van der Waals surface area contributed by atoms with Gasteiger partial charge >= 0.3 is 0 Å². The van der Waals surface area contributed by atoms with Gasteiger partial charge in [0, 0.05) is 11.1 Å². The van der Waals surface area contributed by atoms with Crippen molar-refractivity contribution in [2.75, 3.05) is 0 Å². The van der Waals surface area contributed by atoms with E-state index in [4.69, 9.17) is 0 Å². The summed E-state index contributed by atoms with van der Waals surface area (Å²) in [6.07, 6.45) is 4.01. The molecule has 2 aromatic carbocycles. The first kappa shape index (κ1) is 15.1. The van der Waals surface area contributed by atoms with Gasteiger partial charge in [-0.2, -0.15) is 0 Å². The second kappa shape index (κ2) is 8.09. The number of benzene rings is 2. The number of allylic oxidation sites excluding steroid dienone is 1. The van der Waals surface area contributed by atoms with Crippen molar-refractivity contribution < 1.29 is 5.11 Å². The first-order valence-electron chi connectivity index (χ1n) is 7.26. The van der Waals surface area contributed by atoms with Crippen molar-refractivity contribution >= 4 is 0 Å². The van der Waals surface area contributed by atoms with Gasteiger partial charge < -0.3 is 5.11 Å². The van der Waals surface area contributed by atoms with Crippen molar-refractivity contribution in [1.29, 1.82) is 0 Å². The third-order valence-corrected chi connectivity index (χ3v) is 3.32. The summed E-state index contributed by atoms with van der Waals surface area (Å²) >= 11 is 0. The molecule has 0 radical (unpaired) electrons. The normalized spacial score (nSPS) is 11.3. The zero-order valence-corrected chi connectivity index (χ0v) is 12.1. The van der Waals surface area contributed by atoms with E-state index in [9.17, 15) is 5.11 Å². The SMILES string of the molecule is C=CCCCC(O)c1ccccc1C#Cc1ccccc1. The zero-order valence-electron chi connectivity index (χ0n) is 12.1. The molecule has 0 aliphatic heterocycles.